The summed E-state index contributed by atoms with van der Waals surface area (Å²) in [6.45, 7) is 8.19. The number of ketones is 1. The number of nitrogens with zero attached hydrogens (tertiary/aromatic N) is 2. The highest BCUT2D eigenvalue weighted by Gasteiger charge is 2.61. The number of ether oxygens (including phenoxy) is 1. The van der Waals surface area contributed by atoms with Gasteiger partial charge in [0.25, 0.3) is 10.9 Å². The van der Waals surface area contributed by atoms with Gasteiger partial charge in [-0.1, -0.05) is 45.1 Å². The van der Waals surface area contributed by atoms with E-state index >= 15 is 0 Å². The Bertz CT molecular complexity index is 1390. The van der Waals surface area contributed by atoms with Gasteiger partial charge in [0.15, 0.2) is 5.78 Å². The topological polar surface area (TPSA) is 103 Å². The van der Waals surface area contributed by atoms with Crippen LogP contribution in [0.15, 0.2) is 42.2 Å². The summed E-state index contributed by atoms with van der Waals surface area (Å²) in [6, 6.07) is 10.0. The van der Waals surface area contributed by atoms with Crippen molar-refractivity contribution < 1.29 is 19.6 Å². The zero-order valence-electron chi connectivity index (χ0n) is 19.5. The van der Waals surface area contributed by atoms with Crippen LogP contribution in [0, 0.1) is 26.9 Å². The highest BCUT2D eigenvalue weighted by atomic mass is 32.1. The number of nitro benzene ring substituents is 1. The minimum Gasteiger partial charge on any atom is -0.511 e. The number of Topliss-reactive ketones (excluding diaryl/α,β-unsaturated/α-hetero) is 1. The van der Waals surface area contributed by atoms with Crippen molar-refractivity contribution in [3.8, 4) is 10.9 Å². The van der Waals surface area contributed by atoms with E-state index < -0.39 is 10.3 Å². The molecule has 0 saturated heterocycles. The normalized spacial score (nSPS) is 23.5. The van der Waals surface area contributed by atoms with E-state index in [0.29, 0.717) is 38.7 Å². The molecule has 0 amide bonds. The van der Waals surface area contributed by atoms with Crippen LogP contribution in [-0.2, 0) is 11.2 Å². The number of aliphatic hydroxyl groups is 1. The number of aryl methyl sites for hydroxylation is 1. The van der Waals surface area contributed by atoms with Crippen molar-refractivity contribution in [2.24, 2.45) is 16.7 Å². The van der Waals surface area contributed by atoms with E-state index in [0.717, 1.165) is 18.4 Å². The lowest BCUT2D eigenvalue weighted by Gasteiger charge is -2.45. The fraction of sp³-hybridized carbons (Fsp3) is 0.385. The lowest BCUT2D eigenvalue weighted by Crippen LogP contribution is -2.45. The van der Waals surface area contributed by atoms with Gasteiger partial charge in [0.1, 0.15) is 11.5 Å². The molecule has 176 valence electrons. The molecule has 0 aliphatic heterocycles. The highest BCUT2D eigenvalue weighted by Crippen LogP contribution is 2.63. The van der Waals surface area contributed by atoms with Crippen LogP contribution < -0.4 is 4.74 Å². The first-order chi connectivity index (χ1) is 16.1. The number of fused-ring (bicyclic) bond motifs is 3. The van der Waals surface area contributed by atoms with Gasteiger partial charge < -0.3 is 9.84 Å². The monoisotopic (exact) mass is 478 g/mol. The van der Waals surface area contributed by atoms with Crippen LogP contribution in [0.2, 0.25) is 0 Å². The van der Waals surface area contributed by atoms with Gasteiger partial charge in [-0.3, -0.25) is 14.9 Å². The van der Waals surface area contributed by atoms with Crippen LogP contribution in [0.5, 0.6) is 10.9 Å². The predicted octanol–water partition coefficient (Wildman–Crippen LogP) is 6.85. The minimum absolute atomic E-state index is 0.00144. The zero-order valence-corrected chi connectivity index (χ0v) is 20.4. The summed E-state index contributed by atoms with van der Waals surface area (Å²) < 4.78 is 6.68. The third-order valence-corrected chi connectivity index (χ3v) is 8.94. The summed E-state index contributed by atoms with van der Waals surface area (Å²) in [4.78, 5) is 28.8. The molecule has 1 fully saturated rings. The molecule has 2 aliphatic rings. The van der Waals surface area contributed by atoms with Gasteiger partial charge in [0, 0.05) is 23.5 Å². The number of non-ortho nitro benzene ring substituents is 1. The van der Waals surface area contributed by atoms with Crippen LogP contribution in [0.1, 0.15) is 51.7 Å². The van der Waals surface area contributed by atoms with Crippen LogP contribution in [-0.4, -0.2) is 20.8 Å². The highest BCUT2D eigenvalue weighted by molar-refractivity contribution is 7.20. The Hall–Kier alpha value is -3.26. The van der Waals surface area contributed by atoms with E-state index in [9.17, 15) is 20.0 Å². The summed E-state index contributed by atoms with van der Waals surface area (Å²) in [5.41, 5.74) is 1.86. The molecule has 8 heteroatoms. The van der Waals surface area contributed by atoms with Gasteiger partial charge in [0.2, 0.25) is 0 Å². The Kier molecular flexibility index (Phi) is 5.06. The SMILES string of the molecule is CCc1ccc(Oc2nc3ccc([N+](=O)[O-])cc3s2)cc1C1=C(O)[C@@H]2CC[C@](C)(C1=O)C2(C)C. The van der Waals surface area contributed by atoms with Crippen molar-refractivity contribution in [1.82, 2.24) is 4.98 Å². The number of benzene rings is 2. The van der Waals surface area contributed by atoms with E-state index in [2.05, 4.69) is 18.8 Å². The molecule has 1 heterocycles. The first kappa shape index (κ1) is 22.5. The van der Waals surface area contributed by atoms with E-state index in [-0.39, 0.29) is 28.6 Å². The van der Waals surface area contributed by atoms with Crippen molar-refractivity contribution >= 4 is 38.6 Å². The van der Waals surface area contributed by atoms with E-state index in [1.807, 2.05) is 26.0 Å². The lowest BCUT2D eigenvalue weighted by molar-refractivity contribution is -0.384. The lowest BCUT2D eigenvalue weighted by atomic mass is 9.58. The van der Waals surface area contributed by atoms with Gasteiger partial charge in [-0.25, -0.2) is 4.98 Å². The molecule has 2 aliphatic carbocycles. The van der Waals surface area contributed by atoms with Gasteiger partial charge >= 0.3 is 0 Å². The first-order valence-electron chi connectivity index (χ1n) is 11.4. The van der Waals surface area contributed by atoms with E-state index in [4.69, 9.17) is 4.74 Å². The Balaban J connectivity index is 1.55. The number of rotatable bonds is 5. The van der Waals surface area contributed by atoms with Gasteiger partial charge in [0.05, 0.1) is 20.7 Å². The van der Waals surface area contributed by atoms with Gasteiger partial charge in [-0.2, -0.15) is 0 Å². The number of thiazole rings is 1. The molecule has 7 nitrogen and oxygen atoms in total. The molecule has 1 N–H and O–H groups in total. The van der Waals surface area contributed by atoms with Crippen LogP contribution in [0.3, 0.4) is 0 Å². The summed E-state index contributed by atoms with van der Waals surface area (Å²) >= 11 is 1.22. The van der Waals surface area contributed by atoms with E-state index in [1.54, 1.807) is 12.1 Å². The largest absolute Gasteiger partial charge is 0.511 e. The second kappa shape index (κ2) is 7.63. The van der Waals surface area contributed by atoms with Crippen molar-refractivity contribution in [2.75, 3.05) is 0 Å². The molecule has 1 saturated carbocycles. The Morgan fingerprint density at radius 2 is 2.00 bits per heavy atom. The molecule has 0 unspecified atom stereocenters. The van der Waals surface area contributed by atoms with Crippen LogP contribution in [0.4, 0.5) is 5.69 Å². The maximum absolute atomic E-state index is 13.7. The third-order valence-electron chi connectivity index (χ3n) is 8.04. The van der Waals surface area contributed by atoms with E-state index in [1.165, 1.54) is 23.5 Å². The van der Waals surface area contributed by atoms with Crippen molar-refractivity contribution in [3.63, 3.8) is 0 Å². The average Bonchev–Trinajstić information content (AvgIpc) is 3.27. The molecule has 2 bridgehead atoms. The molecule has 1 aromatic heterocycles. The number of nitro groups is 1. The number of hydrogen-bond acceptors (Lipinski definition) is 7. The number of carbonyl (C=O) groups excluding carboxylic acids is 1. The third kappa shape index (κ3) is 3.15. The number of allylic oxidation sites excluding steroid dienone is 2. The fourth-order valence-corrected chi connectivity index (χ4v) is 6.39. The number of carbonyl (C=O) groups is 1. The minimum atomic E-state index is -0.525. The quantitative estimate of drug-likeness (QED) is 0.318. The molecule has 3 aromatic rings. The Morgan fingerprint density at radius 1 is 1.24 bits per heavy atom. The Labute approximate surface area is 201 Å². The van der Waals surface area contributed by atoms with Crippen molar-refractivity contribution in [3.05, 3.63) is 63.4 Å². The second-order valence-corrected chi connectivity index (χ2v) is 10.9. The molecule has 0 radical (unpaired) electrons. The smallest absolute Gasteiger partial charge is 0.279 e. The second-order valence-electron chi connectivity index (χ2n) is 9.90. The predicted molar refractivity (Wildman–Crippen MR) is 131 cm³/mol. The van der Waals surface area contributed by atoms with Crippen LogP contribution in [0.25, 0.3) is 15.8 Å². The molecule has 0 spiro atoms. The number of hydrogen-bond donors (Lipinski definition) is 1. The van der Waals surface area contributed by atoms with Gasteiger partial charge in [-0.05, 0) is 54.0 Å². The number of aromatic nitrogens is 1. The maximum Gasteiger partial charge on any atom is 0.279 e. The number of aliphatic hydroxyl groups excluding tert-OH is 1. The van der Waals surface area contributed by atoms with Gasteiger partial charge in [-0.15, -0.1) is 0 Å². The maximum atomic E-state index is 13.7. The Morgan fingerprint density at radius 3 is 2.71 bits per heavy atom. The molecule has 34 heavy (non-hydrogen) atoms. The summed E-state index contributed by atoms with van der Waals surface area (Å²) in [5, 5.41) is 22.7. The van der Waals surface area contributed by atoms with Crippen molar-refractivity contribution in [1.29, 1.82) is 0 Å². The van der Waals surface area contributed by atoms with Crippen molar-refractivity contribution in [2.45, 2.75) is 47.0 Å². The fourth-order valence-electron chi connectivity index (χ4n) is 5.52. The molecular formula is C26H26N2O5S. The molecule has 2 aromatic carbocycles. The summed E-state index contributed by atoms with van der Waals surface area (Å²) in [7, 11) is 0. The molecular weight excluding hydrogens is 452 g/mol. The summed E-state index contributed by atoms with van der Waals surface area (Å²) in [6.07, 6.45) is 2.25. The summed E-state index contributed by atoms with van der Waals surface area (Å²) in [5.74, 6) is 0.614. The molecule has 5 rings (SSSR count). The average molecular weight is 479 g/mol. The first-order valence-corrected chi connectivity index (χ1v) is 12.2. The standard InChI is InChI=1S/C26H26N2O5S/c1-5-14-6-8-16(33-24-27-19-9-7-15(28(31)32)12-20(19)34-24)13-17(14)21-22(29)18-10-11-26(4,23(21)30)25(18,2)3/h6-9,12-13,18,29H,5,10-11H2,1-4H3/t18-,26+/m0/s1. The molecule has 2 atom stereocenters. The van der Waals surface area contributed by atoms with Crippen LogP contribution >= 0.6 is 11.3 Å². The zero-order chi connectivity index (χ0) is 24.4.